The van der Waals surface area contributed by atoms with Gasteiger partial charge in [-0.25, -0.2) is 4.48 Å². The predicted molar refractivity (Wildman–Crippen MR) is 187 cm³/mol. The average Bonchev–Trinajstić information content (AvgIpc) is 3.57. The highest BCUT2D eigenvalue weighted by atomic mass is 32.2. The van der Waals surface area contributed by atoms with Crippen molar-refractivity contribution < 1.29 is 25.9 Å². The van der Waals surface area contributed by atoms with Crippen LogP contribution in [0.4, 0.5) is 5.69 Å². The van der Waals surface area contributed by atoms with Crippen LogP contribution >= 0.6 is 0 Å². The first-order valence-electron chi connectivity index (χ1n) is 16.0. The Morgan fingerprint density at radius 2 is 1.59 bits per heavy atom. The van der Waals surface area contributed by atoms with E-state index in [-0.39, 0.29) is 15.7 Å². The lowest BCUT2D eigenvalue weighted by atomic mass is 9.81. The smallest absolute Gasteiger partial charge is 0.286 e. The van der Waals surface area contributed by atoms with Crippen LogP contribution in [0, 0.1) is 0 Å². The van der Waals surface area contributed by atoms with Gasteiger partial charge in [0.15, 0.2) is 0 Å². The maximum atomic E-state index is 12.7. The molecule has 2 heterocycles. The Balaban J connectivity index is 1.43. The first kappa shape index (κ1) is 34.3. The molecule has 2 N–H and O–H groups in total. The highest BCUT2D eigenvalue weighted by Crippen LogP contribution is 2.57. The van der Waals surface area contributed by atoms with Gasteiger partial charge in [-0.3, -0.25) is 9.11 Å². The van der Waals surface area contributed by atoms with E-state index >= 15 is 0 Å². The number of allylic oxidation sites excluding steroid dienone is 10. The van der Waals surface area contributed by atoms with Crippen molar-refractivity contribution in [1.82, 2.24) is 4.48 Å². The van der Waals surface area contributed by atoms with Gasteiger partial charge in [-0.05, 0) is 74.4 Å². The number of hydrogen-bond acceptors (Lipinski definition) is 4. The average molecular weight is 665 g/mol. The van der Waals surface area contributed by atoms with Crippen molar-refractivity contribution in [3.8, 4) is 0 Å². The minimum atomic E-state index is -4.29. The first-order chi connectivity index (χ1) is 21.5. The molecule has 0 bridgehead atoms. The largest absolute Gasteiger partial charge is 0.320 e. The van der Waals surface area contributed by atoms with Crippen molar-refractivity contribution in [2.75, 3.05) is 12.3 Å². The van der Waals surface area contributed by atoms with Gasteiger partial charge in [0.05, 0.1) is 17.7 Å². The van der Waals surface area contributed by atoms with E-state index in [4.69, 9.17) is 4.55 Å². The molecule has 2 aromatic carbocycles. The van der Waals surface area contributed by atoms with Crippen molar-refractivity contribution in [2.45, 2.75) is 82.9 Å². The Hall–Kier alpha value is -3.08. The van der Waals surface area contributed by atoms with E-state index in [1.807, 2.05) is 67.6 Å². The summed E-state index contributed by atoms with van der Waals surface area (Å²) >= 11 is 0. The number of rotatable bonds is 10. The van der Waals surface area contributed by atoms with Crippen LogP contribution < -0.4 is 4.48 Å². The van der Waals surface area contributed by atoms with E-state index in [2.05, 4.69) is 52.0 Å². The van der Waals surface area contributed by atoms with Gasteiger partial charge in [0, 0.05) is 23.8 Å². The van der Waals surface area contributed by atoms with Crippen molar-refractivity contribution in [3.63, 3.8) is 0 Å². The third-order valence-corrected chi connectivity index (χ3v) is 12.2. The zero-order valence-electron chi connectivity index (χ0n) is 27.4. The third kappa shape index (κ3) is 6.28. The van der Waals surface area contributed by atoms with Gasteiger partial charge in [0.1, 0.15) is 11.4 Å². The number of para-hydroxylation sites is 1. The molecule has 1 spiro atoms. The minimum absolute atomic E-state index is 0.145. The summed E-state index contributed by atoms with van der Waals surface area (Å²) in [4.78, 5) is 0. The number of nitrogens with zero attached hydrogens (tertiary/aromatic N) is 1. The summed E-state index contributed by atoms with van der Waals surface area (Å²) in [6.07, 6.45) is 15.2. The van der Waals surface area contributed by atoms with E-state index in [9.17, 15) is 21.4 Å². The van der Waals surface area contributed by atoms with Gasteiger partial charge in [0.2, 0.25) is 5.37 Å². The second kappa shape index (κ2) is 12.5. The zero-order valence-corrected chi connectivity index (χ0v) is 29.0. The highest BCUT2D eigenvalue weighted by molar-refractivity contribution is 7.86. The summed E-state index contributed by atoms with van der Waals surface area (Å²) in [5, 5.41) is -0.927. The Kier molecular flexibility index (Phi) is 9.31. The number of quaternary nitrogens is 1. The molecular weight excluding hydrogens is 619 g/mol. The van der Waals surface area contributed by atoms with Crippen LogP contribution in [0.25, 0.3) is 5.57 Å². The van der Waals surface area contributed by atoms with Crippen molar-refractivity contribution in [2.24, 2.45) is 0 Å². The Labute approximate surface area is 274 Å². The molecule has 246 valence electrons. The lowest BCUT2D eigenvalue weighted by Gasteiger charge is -2.37. The maximum Gasteiger partial charge on any atom is 0.320 e. The first-order valence-corrected chi connectivity index (χ1v) is 19.1. The molecule has 2 aromatic rings. The van der Waals surface area contributed by atoms with Gasteiger partial charge in [-0.15, -0.1) is 0 Å². The normalized spacial score (nSPS) is 25.0. The van der Waals surface area contributed by atoms with Gasteiger partial charge in [0.25, 0.3) is 10.1 Å². The molecule has 3 aliphatic rings. The van der Waals surface area contributed by atoms with Gasteiger partial charge >= 0.3 is 10.1 Å². The molecule has 1 saturated heterocycles. The molecule has 9 heteroatoms. The summed E-state index contributed by atoms with van der Waals surface area (Å²) in [6.45, 7) is 11.3. The molecule has 0 amide bonds. The molecule has 46 heavy (non-hydrogen) atoms. The second-order valence-corrected chi connectivity index (χ2v) is 17.0. The van der Waals surface area contributed by atoms with E-state index < -0.39 is 31.0 Å². The fraction of sp³-hybridized carbons (Fsp3) is 0.405. The predicted octanol–water partition coefficient (Wildman–Crippen LogP) is 8.04. The summed E-state index contributed by atoms with van der Waals surface area (Å²) in [5.41, 5.74) is 8.21. The molecule has 0 radical (unpaired) electrons. The van der Waals surface area contributed by atoms with Gasteiger partial charge in [-0.2, -0.15) is 16.8 Å². The molecule has 5 rings (SSSR count). The maximum absolute atomic E-state index is 12.7. The molecule has 0 aromatic heterocycles. The Morgan fingerprint density at radius 1 is 0.913 bits per heavy atom. The second-order valence-electron chi connectivity index (χ2n) is 13.8. The molecule has 1 aliphatic carbocycles. The van der Waals surface area contributed by atoms with E-state index in [0.29, 0.717) is 38.6 Å². The van der Waals surface area contributed by atoms with Crippen molar-refractivity contribution in [3.05, 3.63) is 119 Å². The number of hydrogen-bond donors (Lipinski definition) is 2. The van der Waals surface area contributed by atoms with Crippen LogP contribution in [0.2, 0.25) is 0 Å². The van der Waals surface area contributed by atoms with E-state index in [0.717, 1.165) is 22.5 Å². The van der Waals surface area contributed by atoms with E-state index in [1.54, 1.807) is 0 Å². The molecule has 2 atom stereocenters. The van der Waals surface area contributed by atoms with Crippen LogP contribution in [-0.4, -0.2) is 43.6 Å². The van der Waals surface area contributed by atoms with Crippen LogP contribution in [0.3, 0.4) is 0 Å². The Bertz CT molecular complexity index is 1890. The number of fused-ring (bicyclic) bond motifs is 3. The molecular formula is C37H46NO6S2+. The highest BCUT2D eigenvalue weighted by Gasteiger charge is 2.62. The summed E-state index contributed by atoms with van der Waals surface area (Å²) < 4.78 is 67.4. The van der Waals surface area contributed by atoms with Crippen LogP contribution in [0.1, 0.15) is 83.4 Å². The topological polar surface area (TPSA) is 109 Å². The van der Waals surface area contributed by atoms with Gasteiger partial charge < -0.3 is 0 Å². The van der Waals surface area contributed by atoms with Crippen LogP contribution in [0.15, 0.2) is 102 Å². The Morgan fingerprint density at radius 3 is 2.28 bits per heavy atom. The van der Waals surface area contributed by atoms with Crippen LogP contribution in [0.5, 0.6) is 0 Å². The lowest BCUT2D eigenvalue weighted by Crippen LogP contribution is -2.55. The van der Waals surface area contributed by atoms with Crippen molar-refractivity contribution in [1.29, 1.82) is 0 Å². The summed E-state index contributed by atoms with van der Waals surface area (Å²) in [7, 11) is -8.26. The fourth-order valence-corrected chi connectivity index (χ4v) is 9.85. The monoisotopic (exact) mass is 664 g/mol. The van der Waals surface area contributed by atoms with Crippen LogP contribution in [-0.2, 0) is 31.1 Å². The van der Waals surface area contributed by atoms with E-state index in [1.165, 1.54) is 22.3 Å². The van der Waals surface area contributed by atoms with Crippen molar-refractivity contribution >= 4 is 31.5 Å². The van der Waals surface area contributed by atoms with Gasteiger partial charge in [-0.1, -0.05) is 92.3 Å². The molecule has 2 aliphatic heterocycles. The quantitative estimate of drug-likeness (QED) is 0.115. The summed E-state index contributed by atoms with van der Waals surface area (Å²) in [5.74, 6) is -0.235. The molecule has 7 nitrogen and oxygen atoms in total. The zero-order chi connectivity index (χ0) is 33.5. The molecule has 1 fully saturated rings. The molecule has 2 unspecified atom stereocenters. The number of benzene rings is 2. The number of unbranched alkanes of at least 4 members (excludes halogenated alkanes) is 1. The third-order valence-electron chi connectivity index (χ3n) is 10.1. The molecule has 0 saturated carbocycles. The standard InChI is InChI=1S/C37H45NO6S2/c1-27(15-12-21-31-29(18-10-11-26-45(39,40)41)28-17-6-7-19-30(28)36(31,2)3)16-13-23-34-37(4,5)32-20-8-9-22-33(32)38(34)25-14-24-35(38)46(42,43)44/h6-9,12-13,15-17,19-23,35H,10-11,14,18,24-26H2,1-5H3,(H-,39,40,41,42,43,44)/p+1/b16-13?,21-12?,27-15?,34-23+. The SMILES string of the molecule is CC(C=C/C=C1\C(C)(C)c2ccccc2[N+]12CCCC2S(=O)(=O)O)=CC=CC1=C(CCCCS(=O)(=O)O)c2ccccc2C1(C)C. The lowest BCUT2D eigenvalue weighted by molar-refractivity contribution is 0.336. The summed E-state index contributed by atoms with van der Waals surface area (Å²) in [6, 6.07) is 16.3. The fourth-order valence-electron chi connectivity index (χ4n) is 8.03. The minimum Gasteiger partial charge on any atom is -0.286 e.